The van der Waals surface area contributed by atoms with Crippen LogP contribution in [0.3, 0.4) is 0 Å². The maximum Gasteiger partial charge on any atom is 0.327 e. The smallest absolute Gasteiger partial charge is 0.327 e. The van der Waals surface area contributed by atoms with Crippen LogP contribution in [0.4, 0.5) is 0 Å². The summed E-state index contributed by atoms with van der Waals surface area (Å²) < 4.78 is 0.307. The number of carboxylic acids is 1. The molecule has 23 heavy (non-hydrogen) atoms. The lowest BCUT2D eigenvalue weighted by Gasteiger charge is -2.27. The second-order valence-electron chi connectivity index (χ2n) is 5.63. The van der Waals surface area contributed by atoms with Crippen molar-refractivity contribution < 1.29 is 14.7 Å². The molecule has 1 heterocycles. The van der Waals surface area contributed by atoms with Crippen molar-refractivity contribution in [1.29, 1.82) is 0 Å². The predicted octanol–water partition coefficient (Wildman–Crippen LogP) is 3.70. The quantitative estimate of drug-likeness (QED) is 0.649. The van der Waals surface area contributed by atoms with Crippen molar-refractivity contribution in [2.24, 2.45) is 5.92 Å². The minimum absolute atomic E-state index is 0.173. The summed E-state index contributed by atoms with van der Waals surface area (Å²) in [4.78, 5) is 26.0. The number of aryl methyl sites for hydroxylation is 1. The second-order valence-corrected chi connectivity index (χ2v) is 7.31. The van der Waals surface area contributed by atoms with E-state index in [4.69, 9.17) is 12.2 Å². The number of hydrogen-bond acceptors (Lipinski definition) is 4. The molecular weight excluding hydrogens is 330 g/mol. The summed E-state index contributed by atoms with van der Waals surface area (Å²) in [6.07, 6.45) is 2.42. The van der Waals surface area contributed by atoms with Gasteiger partial charge < -0.3 is 5.11 Å². The lowest BCUT2D eigenvalue weighted by Crippen LogP contribution is -2.47. The van der Waals surface area contributed by atoms with Gasteiger partial charge in [0.05, 0.1) is 4.91 Å². The Kier molecular flexibility index (Phi) is 5.59. The Balaban J connectivity index is 2.34. The summed E-state index contributed by atoms with van der Waals surface area (Å²) >= 11 is 6.42. The standard InChI is InChI=1S/C17H19NO3S2/c1-4-11(3)14(16(20)21)18-15(19)13(23-17(18)22)9-12-7-5-6-10(2)8-12/h5-9,11,14H,4H2,1-3H3,(H,20,21)/b13-9-/t11-,14+/m1/s1. The SMILES string of the molecule is CC[C@@H](C)[C@@H](C(=O)O)N1C(=O)/C(=C/c2cccc(C)c2)SC1=S. The van der Waals surface area contributed by atoms with Crippen molar-refractivity contribution in [2.45, 2.75) is 33.2 Å². The Hall–Kier alpha value is -1.66. The van der Waals surface area contributed by atoms with Crippen molar-refractivity contribution in [2.75, 3.05) is 0 Å². The predicted molar refractivity (Wildman–Crippen MR) is 97.1 cm³/mol. The third kappa shape index (κ3) is 3.82. The first-order valence-corrected chi connectivity index (χ1v) is 8.64. The van der Waals surface area contributed by atoms with E-state index in [1.165, 1.54) is 4.90 Å². The van der Waals surface area contributed by atoms with Crippen LogP contribution in [0.2, 0.25) is 0 Å². The molecule has 2 rings (SSSR count). The highest BCUT2D eigenvalue weighted by Crippen LogP contribution is 2.36. The molecular formula is C17H19NO3S2. The van der Waals surface area contributed by atoms with Gasteiger partial charge in [-0.15, -0.1) is 0 Å². The van der Waals surface area contributed by atoms with Gasteiger partial charge in [-0.1, -0.05) is 74.1 Å². The fourth-order valence-electron chi connectivity index (χ4n) is 2.46. The van der Waals surface area contributed by atoms with Crippen molar-refractivity contribution in [3.63, 3.8) is 0 Å². The number of thioether (sulfide) groups is 1. The normalized spacial score (nSPS) is 19.3. The molecule has 1 aliphatic heterocycles. The zero-order chi connectivity index (χ0) is 17.1. The number of amides is 1. The van der Waals surface area contributed by atoms with E-state index in [-0.39, 0.29) is 11.8 Å². The zero-order valence-electron chi connectivity index (χ0n) is 13.3. The molecule has 0 aromatic heterocycles. The van der Waals surface area contributed by atoms with Crippen LogP contribution in [0, 0.1) is 12.8 Å². The molecule has 122 valence electrons. The first-order valence-electron chi connectivity index (χ1n) is 7.41. The number of hydrogen-bond donors (Lipinski definition) is 1. The van der Waals surface area contributed by atoms with E-state index in [9.17, 15) is 14.7 Å². The first kappa shape index (κ1) is 17.7. The monoisotopic (exact) mass is 349 g/mol. The average molecular weight is 349 g/mol. The van der Waals surface area contributed by atoms with Gasteiger partial charge in [-0.25, -0.2) is 4.79 Å². The average Bonchev–Trinajstić information content (AvgIpc) is 2.75. The Labute approximate surface area is 145 Å². The van der Waals surface area contributed by atoms with Crippen molar-refractivity contribution in [1.82, 2.24) is 4.90 Å². The molecule has 1 N–H and O–H groups in total. The van der Waals surface area contributed by atoms with Crippen LogP contribution in [0.25, 0.3) is 6.08 Å². The molecule has 6 heteroatoms. The lowest BCUT2D eigenvalue weighted by atomic mass is 9.98. The summed E-state index contributed by atoms with van der Waals surface area (Å²) in [5.74, 6) is -1.52. The Morgan fingerprint density at radius 2 is 2.17 bits per heavy atom. The molecule has 1 aromatic carbocycles. The lowest BCUT2D eigenvalue weighted by molar-refractivity contribution is -0.147. The molecule has 0 radical (unpaired) electrons. The number of carboxylic acid groups (broad SMARTS) is 1. The van der Waals surface area contributed by atoms with Crippen molar-refractivity contribution in [3.8, 4) is 0 Å². The number of carbonyl (C=O) groups excluding carboxylic acids is 1. The molecule has 0 bridgehead atoms. The molecule has 0 saturated carbocycles. The fourth-order valence-corrected chi connectivity index (χ4v) is 3.79. The van der Waals surface area contributed by atoms with Crippen LogP contribution >= 0.6 is 24.0 Å². The highest BCUT2D eigenvalue weighted by Gasteiger charge is 2.42. The Bertz CT molecular complexity index is 684. The van der Waals surface area contributed by atoms with Crippen molar-refractivity contribution >= 4 is 46.3 Å². The summed E-state index contributed by atoms with van der Waals surface area (Å²) in [7, 11) is 0. The van der Waals surface area contributed by atoms with Crippen LogP contribution < -0.4 is 0 Å². The van der Waals surface area contributed by atoms with E-state index in [0.29, 0.717) is 15.6 Å². The largest absolute Gasteiger partial charge is 0.480 e. The molecule has 1 aromatic rings. The third-order valence-corrected chi connectivity index (χ3v) is 5.21. The molecule has 0 aliphatic carbocycles. The topological polar surface area (TPSA) is 57.6 Å². The number of rotatable bonds is 5. The van der Waals surface area contributed by atoms with E-state index in [1.807, 2.05) is 45.0 Å². The highest BCUT2D eigenvalue weighted by atomic mass is 32.2. The van der Waals surface area contributed by atoms with Crippen LogP contribution in [0.15, 0.2) is 29.2 Å². The number of benzene rings is 1. The summed E-state index contributed by atoms with van der Waals surface area (Å²) in [5, 5.41) is 9.50. The first-order chi connectivity index (χ1) is 10.8. The second kappa shape index (κ2) is 7.27. The van der Waals surface area contributed by atoms with E-state index >= 15 is 0 Å². The summed E-state index contributed by atoms with van der Waals surface area (Å²) in [6.45, 7) is 5.70. The number of aliphatic carboxylic acids is 1. The van der Waals surface area contributed by atoms with Gasteiger partial charge in [-0.05, 0) is 24.5 Å². The Morgan fingerprint density at radius 3 is 2.74 bits per heavy atom. The molecule has 1 amide bonds. The Morgan fingerprint density at radius 1 is 1.48 bits per heavy atom. The van der Waals surface area contributed by atoms with E-state index in [2.05, 4.69) is 0 Å². The van der Waals surface area contributed by atoms with E-state index in [1.54, 1.807) is 6.08 Å². The van der Waals surface area contributed by atoms with Gasteiger partial charge in [-0.2, -0.15) is 0 Å². The van der Waals surface area contributed by atoms with E-state index < -0.39 is 12.0 Å². The molecule has 0 spiro atoms. The zero-order valence-corrected chi connectivity index (χ0v) is 14.9. The fraction of sp³-hybridized carbons (Fsp3) is 0.353. The molecule has 0 unspecified atom stereocenters. The minimum Gasteiger partial charge on any atom is -0.480 e. The number of carbonyl (C=O) groups is 2. The van der Waals surface area contributed by atoms with Crippen LogP contribution in [-0.2, 0) is 9.59 Å². The van der Waals surface area contributed by atoms with Crippen LogP contribution in [-0.4, -0.2) is 32.2 Å². The minimum atomic E-state index is -1.02. The molecule has 1 aliphatic rings. The van der Waals surface area contributed by atoms with Gasteiger partial charge in [0, 0.05) is 0 Å². The molecule has 1 saturated heterocycles. The number of nitrogens with zero attached hydrogens (tertiary/aromatic N) is 1. The van der Waals surface area contributed by atoms with Gasteiger partial charge in [0.25, 0.3) is 5.91 Å². The van der Waals surface area contributed by atoms with Gasteiger partial charge in [0.15, 0.2) is 0 Å². The molecule has 2 atom stereocenters. The third-order valence-electron chi connectivity index (χ3n) is 3.88. The molecule has 4 nitrogen and oxygen atoms in total. The van der Waals surface area contributed by atoms with Gasteiger partial charge in [-0.3, -0.25) is 9.69 Å². The van der Waals surface area contributed by atoms with E-state index in [0.717, 1.165) is 22.9 Å². The highest BCUT2D eigenvalue weighted by molar-refractivity contribution is 8.26. The maximum atomic E-state index is 12.7. The maximum absolute atomic E-state index is 12.7. The summed E-state index contributed by atoms with van der Waals surface area (Å²) in [5.41, 5.74) is 2.00. The van der Waals surface area contributed by atoms with Crippen LogP contribution in [0.5, 0.6) is 0 Å². The van der Waals surface area contributed by atoms with Crippen molar-refractivity contribution in [3.05, 3.63) is 40.3 Å². The van der Waals surface area contributed by atoms with Gasteiger partial charge >= 0.3 is 5.97 Å². The summed E-state index contributed by atoms with van der Waals surface area (Å²) in [6, 6.07) is 6.85. The molecule has 1 fully saturated rings. The van der Waals surface area contributed by atoms with Gasteiger partial charge in [0.2, 0.25) is 0 Å². The van der Waals surface area contributed by atoms with Crippen LogP contribution in [0.1, 0.15) is 31.4 Å². The van der Waals surface area contributed by atoms with Gasteiger partial charge in [0.1, 0.15) is 10.4 Å². The number of thiocarbonyl (C=S) groups is 1.